The fraction of sp³-hybridized carbons (Fsp3) is 0.167. The molecule has 0 amide bonds. The van der Waals surface area contributed by atoms with Crippen molar-refractivity contribution in [2.24, 2.45) is 0 Å². The lowest BCUT2D eigenvalue weighted by Gasteiger charge is -2.16. The average Bonchev–Trinajstić information content (AvgIpc) is 2.64. The van der Waals surface area contributed by atoms with Gasteiger partial charge in [-0.1, -0.05) is 11.8 Å². The Morgan fingerprint density at radius 2 is 1.85 bits per heavy atom. The molecule has 26 heavy (non-hydrogen) atoms. The van der Waals surface area contributed by atoms with Gasteiger partial charge in [-0.3, -0.25) is 0 Å². The molecule has 1 heterocycles. The number of phenols is 1. The lowest BCUT2D eigenvalue weighted by molar-refractivity contribution is 0.0603. The van der Waals surface area contributed by atoms with Crippen LogP contribution in [0.5, 0.6) is 5.75 Å². The quantitative estimate of drug-likeness (QED) is 0.677. The van der Waals surface area contributed by atoms with Gasteiger partial charge in [-0.15, -0.1) is 10.2 Å². The SMILES string of the molecule is COC(=O)c1c(N)nnc2c(C)c(C)c(O)c(Sc3ccc(F)cc3)c12. The number of nitrogen functional groups attached to an aromatic ring is 1. The molecule has 134 valence electrons. The molecule has 2 aromatic carbocycles. The van der Waals surface area contributed by atoms with Crippen LogP contribution < -0.4 is 5.73 Å². The van der Waals surface area contributed by atoms with Crippen molar-refractivity contribution in [2.45, 2.75) is 23.6 Å². The van der Waals surface area contributed by atoms with Crippen molar-refractivity contribution in [3.63, 3.8) is 0 Å². The number of ether oxygens (including phenoxy) is 1. The van der Waals surface area contributed by atoms with Crippen molar-refractivity contribution in [3.05, 3.63) is 46.8 Å². The number of nitrogens with zero attached hydrogens (tertiary/aromatic N) is 2. The monoisotopic (exact) mass is 373 g/mol. The third-order valence-electron chi connectivity index (χ3n) is 4.14. The number of aromatic hydroxyl groups is 1. The second kappa shape index (κ2) is 6.80. The van der Waals surface area contributed by atoms with Gasteiger partial charge in [0.15, 0.2) is 5.82 Å². The zero-order chi connectivity index (χ0) is 19.0. The molecule has 0 saturated heterocycles. The van der Waals surface area contributed by atoms with Gasteiger partial charge in [0.1, 0.15) is 17.1 Å². The molecule has 0 aliphatic carbocycles. The van der Waals surface area contributed by atoms with E-state index in [1.54, 1.807) is 26.0 Å². The summed E-state index contributed by atoms with van der Waals surface area (Å²) in [5.41, 5.74) is 7.64. The maximum atomic E-state index is 13.2. The summed E-state index contributed by atoms with van der Waals surface area (Å²) in [6.45, 7) is 3.52. The van der Waals surface area contributed by atoms with Crippen LogP contribution in [-0.4, -0.2) is 28.4 Å². The van der Waals surface area contributed by atoms with Crippen LogP contribution in [0.3, 0.4) is 0 Å². The number of rotatable bonds is 3. The van der Waals surface area contributed by atoms with E-state index in [0.717, 1.165) is 0 Å². The zero-order valence-electron chi connectivity index (χ0n) is 14.3. The lowest BCUT2D eigenvalue weighted by Crippen LogP contribution is -2.11. The first-order valence-corrected chi connectivity index (χ1v) is 8.46. The van der Waals surface area contributed by atoms with Crippen LogP contribution in [0.2, 0.25) is 0 Å². The molecule has 0 saturated carbocycles. The van der Waals surface area contributed by atoms with Gasteiger partial charge in [0.2, 0.25) is 0 Å². The lowest BCUT2D eigenvalue weighted by atomic mass is 10.0. The van der Waals surface area contributed by atoms with Crippen LogP contribution in [0.25, 0.3) is 10.9 Å². The van der Waals surface area contributed by atoms with Gasteiger partial charge in [-0.25, -0.2) is 9.18 Å². The van der Waals surface area contributed by atoms with Crippen molar-refractivity contribution in [1.29, 1.82) is 0 Å². The van der Waals surface area contributed by atoms with E-state index in [0.29, 0.717) is 31.8 Å². The van der Waals surface area contributed by atoms with Crippen molar-refractivity contribution in [3.8, 4) is 5.75 Å². The van der Waals surface area contributed by atoms with Gasteiger partial charge in [-0.05, 0) is 49.2 Å². The van der Waals surface area contributed by atoms with Crippen LogP contribution in [0.1, 0.15) is 21.5 Å². The highest BCUT2D eigenvalue weighted by atomic mass is 32.2. The molecular weight excluding hydrogens is 357 g/mol. The highest BCUT2D eigenvalue weighted by molar-refractivity contribution is 7.99. The first-order valence-electron chi connectivity index (χ1n) is 7.64. The number of halogens is 1. The molecule has 0 atom stereocenters. The first-order chi connectivity index (χ1) is 12.3. The van der Waals surface area contributed by atoms with Crippen LogP contribution in [0.15, 0.2) is 34.1 Å². The van der Waals surface area contributed by atoms with E-state index in [2.05, 4.69) is 10.2 Å². The third-order valence-corrected chi connectivity index (χ3v) is 5.25. The Balaban J connectivity index is 2.37. The minimum Gasteiger partial charge on any atom is -0.506 e. The Labute approximate surface area is 153 Å². The van der Waals surface area contributed by atoms with Gasteiger partial charge in [0.25, 0.3) is 0 Å². The number of esters is 1. The number of phenolic OH excluding ortho intramolecular Hbond substituents is 1. The Kier molecular flexibility index (Phi) is 4.69. The summed E-state index contributed by atoms with van der Waals surface area (Å²) in [4.78, 5) is 13.4. The van der Waals surface area contributed by atoms with E-state index in [4.69, 9.17) is 10.5 Å². The Morgan fingerprint density at radius 3 is 2.46 bits per heavy atom. The van der Waals surface area contributed by atoms with Gasteiger partial charge in [0.05, 0.1) is 17.5 Å². The van der Waals surface area contributed by atoms with Crippen LogP contribution in [0, 0.1) is 19.7 Å². The fourth-order valence-corrected chi connectivity index (χ4v) is 3.66. The van der Waals surface area contributed by atoms with E-state index in [1.807, 2.05) is 0 Å². The van der Waals surface area contributed by atoms with E-state index in [-0.39, 0.29) is 22.9 Å². The number of aryl methyl sites for hydroxylation is 1. The maximum absolute atomic E-state index is 13.2. The second-order valence-corrected chi connectivity index (χ2v) is 6.74. The number of hydrogen-bond acceptors (Lipinski definition) is 7. The van der Waals surface area contributed by atoms with Crippen molar-refractivity contribution in [2.75, 3.05) is 12.8 Å². The highest BCUT2D eigenvalue weighted by Gasteiger charge is 2.25. The number of benzene rings is 2. The van der Waals surface area contributed by atoms with E-state index in [1.165, 1.54) is 31.0 Å². The average molecular weight is 373 g/mol. The number of fused-ring (bicyclic) bond motifs is 1. The molecular formula is C18H16FN3O3S. The van der Waals surface area contributed by atoms with Gasteiger partial charge in [0, 0.05) is 10.3 Å². The summed E-state index contributed by atoms with van der Waals surface area (Å²) in [5, 5.41) is 19.0. The van der Waals surface area contributed by atoms with Crippen molar-refractivity contribution >= 4 is 34.5 Å². The zero-order valence-corrected chi connectivity index (χ0v) is 15.1. The summed E-state index contributed by atoms with van der Waals surface area (Å²) >= 11 is 1.18. The second-order valence-electron chi connectivity index (χ2n) is 5.66. The Bertz CT molecular complexity index is 1020. The molecule has 6 nitrogen and oxygen atoms in total. The van der Waals surface area contributed by atoms with Crippen LogP contribution in [-0.2, 0) is 4.74 Å². The smallest absolute Gasteiger partial charge is 0.342 e. The largest absolute Gasteiger partial charge is 0.506 e. The van der Waals surface area contributed by atoms with Gasteiger partial charge >= 0.3 is 5.97 Å². The molecule has 0 radical (unpaired) electrons. The van der Waals surface area contributed by atoms with Crippen LogP contribution in [0.4, 0.5) is 10.2 Å². The minimum absolute atomic E-state index is 0.00174. The summed E-state index contributed by atoms with van der Waals surface area (Å²) in [6.07, 6.45) is 0. The van der Waals surface area contributed by atoms with Crippen molar-refractivity contribution in [1.82, 2.24) is 10.2 Å². The number of carbonyl (C=O) groups is 1. The molecule has 3 N–H and O–H groups in total. The van der Waals surface area contributed by atoms with E-state index in [9.17, 15) is 14.3 Å². The predicted octanol–water partition coefficient (Wildman–Crippen LogP) is 3.61. The topological polar surface area (TPSA) is 98.3 Å². The standard InChI is InChI=1S/C18H16FN3O3S/c1-8-9(2)15(23)16(26-11-6-4-10(19)5-7-11)12-13(18(24)25-3)17(20)22-21-14(8)12/h4-7,23H,1-3H3,(H2,20,22). The maximum Gasteiger partial charge on any atom is 0.342 e. The molecule has 0 unspecified atom stereocenters. The molecule has 0 bridgehead atoms. The molecule has 1 aromatic heterocycles. The summed E-state index contributed by atoms with van der Waals surface area (Å²) in [6, 6.07) is 5.79. The minimum atomic E-state index is -0.675. The third kappa shape index (κ3) is 2.92. The molecule has 0 aliphatic heterocycles. The molecule has 0 spiro atoms. The Morgan fingerprint density at radius 1 is 1.19 bits per heavy atom. The molecule has 8 heteroatoms. The number of hydrogen-bond donors (Lipinski definition) is 2. The molecule has 3 aromatic rings. The first kappa shape index (κ1) is 17.9. The van der Waals surface area contributed by atoms with Gasteiger partial charge < -0.3 is 15.6 Å². The molecule has 0 aliphatic rings. The van der Waals surface area contributed by atoms with Crippen LogP contribution >= 0.6 is 11.8 Å². The summed E-state index contributed by atoms with van der Waals surface area (Å²) < 4.78 is 18.0. The van der Waals surface area contributed by atoms with E-state index >= 15 is 0 Å². The number of anilines is 1. The number of nitrogens with two attached hydrogens (primary N) is 1. The molecule has 3 rings (SSSR count). The molecule has 0 fully saturated rings. The summed E-state index contributed by atoms with van der Waals surface area (Å²) in [5.74, 6) is -1.13. The van der Waals surface area contributed by atoms with Gasteiger partial charge in [-0.2, -0.15) is 0 Å². The Hall–Kier alpha value is -2.87. The fourth-order valence-electron chi connectivity index (χ4n) is 2.61. The normalized spacial score (nSPS) is 10.9. The number of carbonyl (C=O) groups excluding carboxylic acids is 1. The summed E-state index contributed by atoms with van der Waals surface area (Å²) in [7, 11) is 1.24. The van der Waals surface area contributed by atoms with E-state index < -0.39 is 5.97 Å². The number of aromatic nitrogens is 2. The van der Waals surface area contributed by atoms with Crippen molar-refractivity contribution < 1.29 is 19.0 Å². The highest BCUT2D eigenvalue weighted by Crippen LogP contribution is 2.45. The number of methoxy groups -OCH3 is 1. The predicted molar refractivity (Wildman–Crippen MR) is 97.0 cm³/mol.